The molecule has 0 radical (unpaired) electrons. The van der Waals surface area contributed by atoms with Crippen LogP contribution in [0.25, 0.3) is 0 Å². The van der Waals surface area contributed by atoms with Gasteiger partial charge < -0.3 is 0 Å². The van der Waals surface area contributed by atoms with Crippen LogP contribution in [0.15, 0.2) is 84.6 Å². The second kappa shape index (κ2) is 17.4. The molecule has 12 nitrogen and oxygen atoms in total. The Kier molecular flexibility index (Phi) is 13.8. The molecular formula is C27H18N6O6. The van der Waals surface area contributed by atoms with Crippen molar-refractivity contribution in [2.75, 3.05) is 0 Å². The van der Waals surface area contributed by atoms with Gasteiger partial charge in [-0.3, -0.25) is 0 Å². The van der Waals surface area contributed by atoms with E-state index in [9.17, 15) is 28.8 Å². The van der Waals surface area contributed by atoms with Gasteiger partial charge in [0.25, 0.3) is 0 Å². The second-order valence-electron chi connectivity index (χ2n) is 7.13. The van der Waals surface area contributed by atoms with Gasteiger partial charge in [-0.25, -0.2) is 28.8 Å². The topological polar surface area (TPSA) is 177 Å². The van der Waals surface area contributed by atoms with E-state index in [4.69, 9.17) is 0 Å². The SMILES string of the molecule is Cc1ccc(N=C=O)cc1N=C=O.Cc1ccc(N=C=O)cc1N=C=O.Cc1ccc(N=C=O)cc1N=C=O. The molecule has 3 aromatic rings. The van der Waals surface area contributed by atoms with Crippen molar-refractivity contribution in [1.82, 2.24) is 0 Å². The molecule has 0 aliphatic heterocycles. The molecule has 0 fully saturated rings. The van der Waals surface area contributed by atoms with Gasteiger partial charge in [-0.05, 0) is 73.9 Å². The highest BCUT2D eigenvalue weighted by atomic mass is 16.1. The van der Waals surface area contributed by atoms with E-state index < -0.39 is 0 Å². The van der Waals surface area contributed by atoms with Crippen molar-refractivity contribution in [3.05, 3.63) is 71.3 Å². The van der Waals surface area contributed by atoms with Gasteiger partial charge in [-0.1, -0.05) is 18.2 Å². The Morgan fingerprint density at radius 3 is 0.821 bits per heavy atom. The summed E-state index contributed by atoms with van der Waals surface area (Å²) < 4.78 is 0. The lowest BCUT2D eigenvalue weighted by Gasteiger charge is -1.97. The van der Waals surface area contributed by atoms with Crippen molar-refractivity contribution in [3.63, 3.8) is 0 Å². The van der Waals surface area contributed by atoms with Gasteiger partial charge in [-0.2, -0.15) is 30.0 Å². The van der Waals surface area contributed by atoms with Crippen molar-refractivity contribution in [3.8, 4) is 0 Å². The van der Waals surface area contributed by atoms with Crippen molar-refractivity contribution in [2.45, 2.75) is 20.8 Å². The number of isocyanates is 6. The van der Waals surface area contributed by atoms with Gasteiger partial charge in [0.1, 0.15) is 0 Å². The molecule has 0 bridgehead atoms. The minimum absolute atomic E-state index is 0.426. The van der Waals surface area contributed by atoms with E-state index in [1.54, 1.807) is 57.2 Å². The van der Waals surface area contributed by atoms with Crippen molar-refractivity contribution in [1.29, 1.82) is 0 Å². The molecule has 3 aromatic carbocycles. The van der Waals surface area contributed by atoms with Crippen LogP contribution in [0.1, 0.15) is 16.7 Å². The molecule has 0 saturated heterocycles. The molecule has 0 amide bonds. The smallest absolute Gasteiger partial charge is 0.211 e. The minimum atomic E-state index is 0.426. The first-order valence-corrected chi connectivity index (χ1v) is 10.6. The molecule has 0 aromatic heterocycles. The Morgan fingerprint density at radius 2 is 0.615 bits per heavy atom. The molecule has 0 aliphatic carbocycles. The zero-order chi connectivity index (χ0) is 29.0. The van der Waals surface area contributed by atoms with E-state index in [1.807, 2.05) is 0 Å². The molecule has 12 heteroatoms. The first kappa shape index (κ1) is 31.0. The Morgan fingerprint density at radius 1 is 0.385 bits per heavy atom. The van der Waals surface area contributed by atoms with E-state index in [2.05, 4.69) is 30.0 Å². The van der Waals surface area contributed by atoms with E-state index >= 15 is 0 Å². The number of hydrogen-bond acceptors (Lipinski definition) is 12. The van der Waals surface area contributed by atoms with Gasteiger partial charge in [0, 0.05) is 0 Å². The predicted molar refractivity (Wildman–Crippen MR) is 140 cm³/mol. The summed E-state index contributed by atoms with van der Waals surface area (Å²) >= 11 is 0. The van der Waals surface area contributed by atoms with Crippen molar-refractivity contribution in [2.24, 2.45) is 30.0 Å². The Balaban J connectivity index is 0.000000292. The molecule has 0 N–H and O–H groups in total. The number of nitrogens with zero attached hydrogens (tertiary/aromatic N) is 6. The first-order chi connectivity index (χ1) is 18.8. The zero-order valence-corrected chi connectivity index (χ0v) is 20.8. The monoisotopic (exact) mass is 522 g/mol. The third-order valence-electron chi connectivity index (χ3n) is 4.60. The van der Waals surface area contributed by atoms with Gasteiger partial charge in [0.05, 0.1) is 34.1 Å². The summed E-state index contributed by atoms with van der Waals surface area (Å²) in [5, 5.41) is 0. The van der Waals surface area contributed by atoms with Crippen LogP contribution in [0.5, 0.6) is 0 Å². The summed E-state index contributed by atoms with van der Waals surface area (Å²) in [7, 11) is 0. The Hall–Kier alpha value is -6.06. The molecule has 39 heavy (non-hydrogen) atoms. The fourth-order valence-corrected chi connectivity index (χ4v) is 2.67. The molecule has 192 valence electrons. The highest BCUT2D eigenvalue weighted by Crippen LogP contribution is 2.25. The largest absolute Gasteiger partial charge is 0.240 e. The lowest BCUT2D eigenvalue weighted by molar-refractivity contribution is 0.564. The van der Waals surface area contributed by atoms with Crippen LogP contribution < -0.4 is 0 Å². The highest BCUT2D eigenvalue weighted by molar-refractivity contribution is 5.63. The first-order valence-electron chi connectivity index (χ1n) is 10.6. The lowest BCUT2D eigenvalue weighted by Crippen LogP contribution is -1.73. The fraction of sp³-hybridized carbons (Fsp3) is 0.111. The number of benzene rings is 3. The maximum absolute atomic E-state index is 10.00. The summed E-state index contributed by atoms with van der Waals surface area (Å²) in [5.41, 5.74) is 5.15. The minimum Gasteiger partial charge on any atom is -0.211 e. The molecule has 3 rings (SSSR count). The summed E-state index contributed by atoms with van der Waals surface area (Å²) in [6.45, 7) is 5.39. The Bertz CT molecular complexity index is 1430. The van der Waals surface area contributed by atoms with Crippen molar-refractivity contribution < 1.29 is 28.8 Å². The summed E-state index contributed by atoms with van der Waals surface area (Å²) in [5.74, 6) is 0. The number of carbonyl (C=O) groups excluding carboxylic acids is 6. The fourth-order valence-electron chi connectivity index (χ4n) is 2.67. The average Bonchev–Trinajstić information content (AvgIpc) is 2.92. The predicted octanol–water partition coefficient (Wildman–Crippen LogP) is 5.79. The zero-order valence-electron chi connectivity index (χ0n) is 20.8. The van der Waals surface area contributed by atoms with Gasteiger partial charge in [0.2, 0.25) is 36.5 Å². The Labute approximate surface area is 221 Å². The van der Waals surface area contributed by atoms with Crippen LogP contribution in [0.3, 0.4) is 0 Å². The third kappa shape index (κ3) is 11.0. The summed E-state index contributed by atoms with van der Waals surface area (Å²) in [6, 6.07) is 14.6. The molecule has 0 unspecified atom stereocenters. The van der Waals surface area contributed by atoms with E-state index in [1.165, 1.54) is 54.7 Å². The number of rotatable bonds is 6. The molecule has 0 aliphatic rings. The van der Waals surface area contributed by atoms with Gasteiger partial charge >= 0.3 is 0 Å². The summed E-state index contributed by atoms with van der Waals surface area (Å²) in [6.07, 6.45) is 8.51. The van der Waals surface area contributed by atoms with Crippen LogP contribution in [-0.2, 0) is 28.8 Å². The molecular weight excluding hydrogens is 504 g/mol. The van der Waals surface area contributed by atoms with E-state index in [0.29, 0.717) is 34.1 Å². The molecule has 0 saturated carbocycles. The van der Waals surface area contributed by atoms with Gasteiger partial charge in [0.15, 0.2) is 0 Å². The molecule has 0 heterocycles. The maximum atomic E-state index is 10.00. The highest BCUT2D eigenvalue weighted by Gasteiger charge is 1.99. The number of aryl methyl sites for hydroxylation is 3. The van der Waals surface area contributed by atoms with Crippen LogP contribution in [0, 0.1) is 20.8 Å². The van der Waals surface area contributed by atoms with E-state index in [-0.39, 0.29) is 0 Å². The van der Waals surface area contributed by atoms with Crippen LogP contribution >= 0.6 is 0 Å². The maximum Gasteiger partial charge on any atom is 0.240 e. The van der Waals surface area contributed by atoms with Gasteiger partial charge in [-0.15, -0.1) is 0 Å². The lowest BCUT2D eigenvalue weighted by atomic mass is 10.2. The van der Waals surface area contributed by atoms with E-state index in [0.717, 1.165) is 16.7 Å². The normalized spacial score (nSPS) is 8.38. The third-order valence-corrected chi connectivity index (χ3v) is 4.60. The molecule has 0 spiro atoms. The van der Waals surface area contributed by atoms with Crippen molar-refractivity contribution >= 4 is 70.6 Å². The number of hydrogen-bond donors (Lipinski definition) is 0. The standard InChI is InChI=1S/3C9H6N2O2/c3*1-7-2-3-8(10-5-12)4-9(7)11-6-13/h3*2-4H,1H3. The van der Waals surface area contributed by atoms with Crippen LogP contribution in [0.4, 0.5) is 34.1 Å². The van der Waals surface area contributed by atoms with Crippen LogP contribution in [0.2, 0.25) is 0 Å². The molecule has 0 atom stereocenters. The van der Waals surface area contributed by atoms with Crippen LogP contribution in [-0.4, -0.2) is 36.5 Å². The average molecular weight is 522 g/mol. The second-order valence-corrected chi connectivity index (χ2v) is 7.13. The summed E-state index contributed by atoms with van der Waals surface area (Å²) in [4.78, 5) is 80.3. The quantitative estimate of drug-likeness (QED) is 0.292. The number of aliphatic imine (C=N–C) groups is 6.